The summed E-state index contributed by atoms with van der Waals surface area (Å²) < 4.78 is 13.1. The van der Waals surface area contributed by atoms with Crippen molar-refractivity contribution in [3.63, 3.8) is 0 Å². The summed E-state index contributed by atoms with van der Waals surface area (Å²) in [6.45, 7) is 4.73. The van der Waals surface area contributed by atoms with E-state index in [4.69, 9.17) is 9.47 Å². The number of amides is 1. The predicted molar refractivity (Wildman–Crippen MR) is 121 cm³/mol. The first-order chi connectivity index (χ1) is 15.8. The number of ether oxygens (including phenoxy) is 2. The van der Waals surface area contributed by atoms with E-state index >= 15 is 0 Å². The zero-order valence-electron chi connectivity index (χ0n) is 19.8. The number of aromatic nitrogens is 4. The largest absolute Gasteiger partial charge is 0.489 e. The summed E-state index contributed by atoms with van der Waals surface area (Å²) >= 11 is 0. The molecule has 10 heteroatoms. The van der Waals surface area contributed by atoms with E-state index in [0.717, 1.165) is 25.0 Å². The molecule has 3 rings (SSSR count). The molecule has 1 fully saturated rings. The molecule has 2 heterocycles. The second kappa shape index (κ2) is 11.1. The van der Waals surface area contributed by atoms with Gasteiger partial charge in [0.2, 0.25) is 0 Å². The number of carbonyl (C=O) groups is 2. The third kappa shape index (κ3) is 6.21. The number of hydrogen-bond donors (Lipinski definition) is 1. The van der Waals surface area contributed by atoms with Crippen molar-refractivity contribution in [2.24, 2.45) is 13.0 Å². The second-order valence-electron chi connectivity index (χ2n) is 8.52. The van der Waals surface area contributed by atoms with Gasteiger partial charge in [-0.3, -0.25) is 9.48 Å². The lowest BCUT2D eigenvalue weighted by molar-refractivity contribution is -0.143. The van der Waals surface area contributed by atoms with Crippen LogP contribution in [-0.2, 0) is 23.0 Å². The number of hydrogen-bond acceptors (Lipinski definition) is 7. The minimum atomic E-state index is -0.758. The third-order valence-corrected chi connectivity index (χ3v) is 5.93. The molecule has 1 N–H and O–H groups in total. The van der Waals surface area contributed by atoms with Gasteiger partial charge in [0, 0.05) is 27.1 Å². The van der Waals surface area contributed by atoms with Crippen molar-refractivity contribution in [2.75, 3.05) is 20.2 Å². The van der Waals surface area contributed by atoms with Crippen molar-refractivity contribution >= 4 is 12.1 Å². The molecular weight excluding hydrogens is 426 g/mol. The molecule has 0 spiro atoms. The Labute approximate surface area is 193 Å². The Hall–Kier alpha value is -3.17. The van der Waals surface area contributed by atoms with Gasteiger partial charge in [0.05, 0.1) is 35.7 Å². The highest BCUT2D eigenvalue weighted by atomic mass is 16.6. The van der Waals surface area contributed by atoms with Crippen LogP contribution in [0.2, 0.25) is 0 Å². The lowest BCUT2D eigenvalue weighted by Crippen LogP contribution is -2.29. The molecular formula is C23H33N5O5. The number of carboxylic acid groups (broad SMARTS) is 1. The highest BCUT2D eigenvalue weighted by Gasteiger charge is 2.28. The molecule has 1 aliphatic carbocycles. The van der Waals surface area contributed by atoms with Gasteiger partial charge >= 0.3 is 12.1 Å². The Morgan fingerprint density at radius 1 is 1.30 bits per heavy atom. The van der Waals surface area contributed by atoms with Crippen molar-refractivity contribution in [1.82, 2.24) is 24.9 Å². The average molecular weight is 460 g/mol. The summed E-state index contributed by atoms with van der Waals surface area (Å²) in [5.74, 6) is -0.464. The van der Waals surface area contributed by atoms with Crippen LogP contribution in [0, 0.1) is 12.8 Å². The van der Waals surface area contributed by atoms with Crippen LogP contribution >= 0.6 is 0 Å². The number of pyridine rings is 1. The maximum atomic E-state index is 12.0. The number of aliphatic carboxylic acids is 1. The van der Waals surface area contributed by atoms with Crippen LogP contribution in [0.4, 0.5) is 4.79 Å². The fourth-order valence-electron chi connectivity index (χ4n) is 4.09. The SMILES string of the molecule is CCCN(C)C(=O)OCCc1c(-c2ccc(O[C@H]3CCC[C@H](C(=O)O)C3)c(C)n2)nnn1C. The summed E-state index contributed by atoms with van der Waals surface area (Å²) in [6, 6.07) is 3.68. The van der Waals surface area contributed by atoms with Gasteiger partial charge in [-0.2, -0.15) is 0 Å². The summed E-state index contributed by atoms with van der Waals surface area (Å²) in [5.41, 5.74) is 2.81. The second-order valence-corrected chi connectivity index (χ2v) is 8.52. The molecule has 1 amide bonds. The molecule has 0 aliphatic heterocycles. The number of carbonyl (C=O) groups excluding carboxylic acids is 1. The van der Waals surface area contributed by atoms with E-state index in [0.29, 0.717) is 48.6 Å². The summed E-state index contributed by atoms with van der Waals surface area (Å²) in [7, 11) is 3.51. The average Bonchev–Trinajstić information content (AvgIpc) is 3.15. The Balaban J connectivity index is 1.66. The number of rotatable bonds is 9. The predicted octanol–water partition coefficient (Wildman–Crippen LogP) is 3.23. The maximum Gasteiger partial charge on any atom is 0.409 e. The van der Waals surface area contributed by atoms with Crippen LogP contribution in [0.25, 0.3) is 11.4 Å². The molecule has 2 aromatic rings. The molecule has 10 nitrogen and oxygen atoms in total. The molecule has 1 saturated carbocycles. The first-order valence-corrected chi connectivity index (χ1v) is 11.4. The zero-order valence-corrected chi connectivity index (χ0v) is 19.8. The van der Waals surface area contributed by atoms with Gasteiger partial charge in [-0.1, -0.05) is 12.1 Å². The van der Waals surface area contributed by atoms with Gasteiger partial charge < -0.3 is 19.5 Å². The Morgan fingerprint density at radius 3 is 2.79 bits per heavy atom. The standard InChI is InChI=1S/C23H33N5O5/c1-5-12-27(3)23(31)32-13-11-19-21(25-26-28(19)4)18-9-10-20(15(2)24-18)33-17-8-6-7-16(14-17)22(29)30/h9-10,16-17H,5-8,11-14H2,1-4H3,(H,29,30)/t16-,17-/m0/s1. The van der Waals surface area contributed by atoms with Gasteiger partial charge in [0.15, 0.2) is 0 Å². The van der Waals surface area contributed by atoms with Crippen molar-refractivity contribution in [3.05, 3.63) is 23.5 Å². The van der Waals surface area contributed by atoms with Gasteiger partial charge in [-0.25, -0.2) is 9.78 Å². The van der Waals surface area contributed by atoms with E-state index in [1.54, 1.807) is 23.7 Å². The van der Waals surface area contributed by atoms with Crippen molar-refractivity contribution in [1.29, 1.82) is 0 Å². The highest BCUT2D eigenvalue weighted by molar-refractivity contribution is 5.70. The first-order valence-electron chi connectivity index (χ1n) is 11.4. The molecule has 0 radical (unpaired) electrons. The van der Waals surface area contributed by atoms with E-state index in [2.05, 4.69) is 15.3 Å². The summed E-state index contributed by atoms with van der Waals surface area (Å²) in [5, 5.41) is 17.7. The Bertz CT molecular complexity index is 976. The molecule has 2 aromatic heterocycles. The van der Waals surface area contributed by atoms with Gasteiger partial charge in [0.25, 0.3) is 0 Å². The van der Waals surface area contributed by atoms with E-state index in [1.807, 2.05) is 26.0 Å². The summed E-state index contributed by atoms with van der Waals surface area (Å²) in [4.78, 5) is 29.5. The minimum absolute atomic E-state index is 0.126. The normalized spacial score (nSPS) is 18.1. The van der Waals surface area contributed by atoms with Crippen molar-refractivity contribution < 1.29 is 24.2 Å². The lowest BCUT2D eigenvalue weighted by Gasteiger charge is -2.27. The van der Waals surface area contributed by atoms with Gasteiger partial charge in [-0.15, -0.1) is 5.10 Å². The van der Waals surface area contributed by atoms with Crippen molar-refractivity contribution in [2.45, 2.75) is 58.5 Å². The van der Waals surface area contributed by atoms with E-state index < -0.39 is 5.97 Å². The fraction of sp³-hybridized carbons (Fsp3) is 0.609. The number of aryl methyl sites for hydroxylation is 2. The molecule has 0 unspecified atom stereocenters. The topological polar surface area (TPSA) is 120 Å². The molecule has 180 valence electrons. The molecule has 0 bridgehead atoms. The minimum Gasteiger partial charge on any atom is -0.489 e. The quantitative estimate of drug-likeness (QED) is 0.607. The summed E-state index contributed by atoms with van der Waals surface area (Å²) in [6.07, 6.45) is 3.74. The van der Waals surface area contributed by atoms with Crippen LogP contribution in [0.5, 0.6) is 5.75 Å². The smallest absolute Gasteiger partial charge is 0.409 e. The first kappa shape index (κ1) is 24.5. The van der Waals surface area contributed by atoms with Crippen LogP contribution in [0.1, 0.15) is 50.4 Å². The van der Waals surface area contributed by atoms with Crippen LogP contribution in [0.3, 0.4) is 0 Å². The van der Waals surface area contributed by atoms with E-state index in [1.165, 1.54) is 0 Å². The lowest BCUT2D eigenvalue weighted by atomic mass is 9.87. The van der Waals surface area contributed by atoms with Crippen LogP contribution < -0.4 is 4.74 Å². The van der Waals surface area contributed by atoms with Gasteiger partial charge in [-0.05, 0) is 51.2 Å². The fourth-order valence-corrected chi connectivity index (χ4v) is 4.09. The molecule has 33 heavy (non-hydrogen) atoms. The van der Waals surface area contributed by atoms with Gasteiger partial charge in [0.1, 0.15) is 11.4 Å². The van der Waals surface area contributed by atoms with Crippen LogP contribution in [0.15, 0.2) is 12.1 Å². The molecule has 0 saturated heterocycles. The van der Waals surface area contributed by atoms with E-state index in [9.17, 15) is 14.7 Å². The molecule has 0 aromatic carbocycles. The zero-order chi connectivity index (χ0) is 24.0. The monoisotopic (exact) mass is 459 g/mol. The Kier molecular flexibility index (Phi) is 8.24. The molecule has 1 aliphatic rings. The number of carboxylic acids is 1. The van der Waals surface area contributed by atoms with Crippen LogP contribution in [-0.4, -0.2) is 68.4 Å². The maximum absolute atomic E-state index is 12.0. The third-order valence-electron chi connectivity index (χ3n) is 5.93. The van der Waals surface area contributed by atoms with Crippen molar-refractivity contribution in [3.8, 4) is 17.1 Å². The Morgan fingerprint density at radius 2 is 2.09 bits per heavy atom. The highest BCUT2D eigenvalue weighted by Crippen LogP contribution is 2.30. The van der Waals surface area contributed by atoms with E-state index in [-0.39, 0.29) is 24.7 Å². The number of nitrogens with zero attached hydrogens (tertiary/aromatic N) is 5. The molecule has 2 atom stereocenters.